The number of carbonyl (C=O) groups excluding carboxylic acids is 1. The molecule has 5 N–H and O–H groups in total. The summed E-state index contributed by atoms with van der Waals surface area (Å²) in [5.41, 5.74) is 6.86. The Morgan fingerprint density at radius 3 is 2.39 bits per heavy atom. The highest BCUT2D eigenvalue weighted by Gasteiger charge is 2.18. The number of aliphatic carboxylic acids is 1. The highest BCUT2D eigenvalue weighted by molar-refractivity contribution is 5.84. The Morgan fingerprint density at radius 2 is 1.89 bits per heavy atom. The Balaban J connectivity index is 2.54. The van der Waals surface area contributed by atoms with Crippen LogP contribution in [0.4, 0.5) is 5.69 Å². The van der Waals surface area contributed by atoms with Gasteiger partial charge in [0, 0.05) is 18.7 Å². The molecule has 6 heteroatoms. The zero-order chi connectivity index (χ0) is 13.5. The van der Waals surface area contributed by atoms with Crippen molar-refractivity contribution >= 4 is 17.6 Å². The SMILES string of the molecule is Nc1ccc(CC(=O)NC(CCO)C(=O)O)cc1. The smallest absolute Gasteiger partial charge is 0.326 e. The lowest BCUT2D eigenvalue weighted by Crippen LogP contribution is -2.42. The maximum atomic E-state index is 11.6. The predicted molar refractivity (Wildman–Crippen MR) is 65.8 cm³/mol. The molecule has 0 aliphatic heterocycles. The van der Waals surface area contributed by atoms with Crippen molar-refractivity contribution < 1.29 is 19.8 Å². The molecular formula is C12H16N2O4. The minimum absolute atomic E-state index is 0.0111. The van der Waals surface area contributed by atoms with E-state index in [1.807, 2.05) is 0 Å². The van der Waals surface area contributed by atoms with Gasteiger partial charge in [-0.2, -0.15) is 0 Å². The zero-order valence-electron chi connectivity index (χ0n) is 9.80. The van der Waals surface area contributed by atoms with Gasteiger partial charge < -0.3 is 21.3 Å². The third-order valence-corrected chi connectivity index (χ3v) is 2.40. The van der Waals surface area contributed by atoms with Crippen molar-refractivity contribution in [3.8, 4) is 0 Å². The van der Waals surface area contributed by atoms with E-state index in [0.29, 0.717) is 5.69 Å². The van der Waals surface area contributed by atoms with Crippen molar-refractivity contribution in [2.75, 3.05) is 12.3 Å². The second-order valence-corrected chi connectivity index (χ2v) is 3.89. The fourth-order valence-electron chi connectivity index (χ4n) is 1.45. The van der Waals surface area contributed by atoms with E-state index in [4.69, 9.17) is 15.9 Å². The Kier molecular flexibility index (Phi) is 5.13. The van der Waals surface area contributed by atoms with E-state index >= 15 is 0 Å². The molecular weight excluding hydrogens is 236 g/mol. The van der Waals surface area contributed by atoms with Crippen molar-refractivity contribution in [3.63, 3.8) is 0 Å². The zero-order valence-corrected chi connectivity index (χ0v) is 9.80. The van der Waals surface area contributed by atoms with Gasteiger partial charge in [0.05, 0.1) is 6.42 Å². The van der Waals surface area contributed by atoms with Gasteiger partial charge in [-0.15, -0.1) is 0 Å². The molecule has 1 atom stereocenters. The number of rotatable bonds is 6. The van der Waals surface area contributed by atoms with Crippen molar-refractivity contribution in [2.45, 2.75) is 18.9 Å². The van der Waals surface area contributed by atoms with E-state index in [9.17, 15) is 9.59 Å². The molecule has 0 aliphatic carbocycles. The standard InChI is InChI=1S/C12H16N2O4/c13-9-3-1-8(2-4-9)7-11(16)14-10(5-6-15)12(17)18/h1-4,10,15H,5-7,13H2,(H,14,16)(H,17,18). The van der Waals surface area contributed by atoms with E-state index in [1.54, 1.807) is 24.3 Å². The van der Waals surface area contributed by atoms with Gasteiger partial charge in [0.25, 0.3) is 0 Å². The molecule has 6 nitrogen and oxygen atoms in total. The van der Waals surface area contributed by atoms with Crippen molar-refractivity contribution in [2.24, 2.45) is 0 Å². The average molecular weight is 252 g/mol. The van der Waals surface area contributed by atoms with Gasteiger partial charge in [0.1, 0.15) is 6.04 Å². The van der Waals surface area contributed by atoms with Crippen LogP contribution in [0.15, 0.2) is 24.3 Å². The normalized spacial score (nSPS) is 11.8. The van der Waals surface area contributed by atoms with Crippen LogP contribution in [0.25, 0.3) is 0 Å². The lowest BCUT2D eigenvalue weighted by Gasteiger charge is -2.13. The number of nitrogens with two attached hydrogens (primary N) is 1. The first kappa shape index (κ1) is 14.0. The number of nitrogens with one attached hydrogen (secondary N) is 1. The van der Waals surface area contributed by atoms with Crippen LogP contribution in [-0.4, -0.2) is 34.7 Å². The molecule has 1 unspecified atom stereocenters. The Morgan fingerprint density at radius 1 is 1.28 bits per heavy atom. The van der Waals surface area contributed by atoms with Crippen LogP contribution in [-0.2, 0) is 16.0 Å². The van der Waals surface area contributed by atoms with Crippen molar-refractivity contribution in [3.05, 3.63) is 29.8 Å². The molecule has 1 amide bonds. The number of carboxylic acids is 1. The van der Waals surface area contributed by atoms with Gasteiger partial charge in [0.2, 0.25) is 5.91 Å². The van der Waals surface area contributed by atoms with E-state index < -0.39 is 17.9 Å². The van der Waals surface area contributed by atoms with Crippen LogP contribution in [0, 0.1) is 0 Å². The molecule has 18 heavy (non-hydrogen) atoms. The second kappa shape index (κ2) is 6.61. The average Bonchev–Trinajstić information content (AvgIpc) is 2.31. The number of benzene rings is 1. The van der Waals surface area contributed by atoms with E-state index in [2.05, 4.69) is 5.32 Å². The Labute approximate surface area is 104 Å². The van der Waals surface area contributed by atoms with Crippen LogP contribution >= 0.6 is 0 Å². The number of hydrogen-bond donors (Lipinski definition) is 4. The summed E-state index contributed by atoms with van der Waals surface area (Å²) in [7, 11) is 0. The molecule has 1 rings (SSSR count). The summed E-state index contributed by atoms with van der Waals surface area (Å²) in [6, 6.07) is 5.69. The van der Waals surface area contributed by atoms with Gasteiger partial charge in [-0.1, -0.05) is 12.1 Å². The lowest BCUT2D eigenvalue weighted by atomic mass is 10.1. The second-order valence-electron chi connectivity index (χ2n) is 3.89. The molecule has 0 radical (unpaired) electrons. The third-order valence-electron chi connectivity index (χ3n) is 2.40. The quantitative estimate of drug-likeness (QED) is 0.522. The summed E-state index contributed by atoms with van der Waals surface area (Å²) in [6.07, 6.45) is 0.0678. The topological polar surface area (TPSA) is 113 Å². The minimum atomic E-state index is -1.16. The van der Waals surface area contributed by atoms with Crippen LogP contribution < -0.4 is 11.1 Å². The fourth-order valence-corrected chi connectivity index (χ4v) is 1.45. The molecule has 0 spiro atoms. The van der Waals surface area contributed by atoms with Crippen molar-refractivity contribution in [1.82, 2.24) is 5.32 Å². The molecule has 0 bridgehead atoms. The highest BCUT2D eigenvalue weighted by Crippen LogP contribution is 2.06. The summed E-state index contributed by atoms with van der Waals surface area (Å²) in [5, 5.41) is 19.9. The molecule has 0 fully saturated rings. The highest BCUT2D eigenvalue weighted by atomic mass is 16.4. The van der Waals surface area contributed by atoms with Crippen LogP contribution in [0.3, 0.4) is 0 Å². The fraction of sp³-hybridized carbons (Fsp3) is 0.333. The van der Waals surface area contributed by atoms with E-state index in [1.165, 1.54) is 0 Å². The molecule has 98 valence electrons. The summed E-state index contributed by atoms with van der Waals surface area (Å²) >= 11 is 0. The number of aliphatic hydroxyl groups excluding tert-OH is 1. The van der Waals surface area contributed by atoms with Gasteiger partial charge in [-0.3, -0.25) is 4.79 Å². The molecule has 0 saturated carbocycles. The molecule has 0 heterocycles. The first-order valence-corrected chi connectivity index (χ1v) is 5.50. The molecule has 0 aliphatic rings. The minimum Gasteiger partial charge on any atom is -0.480 e. The van der Waals surface area contributed by atoms with E-state index in [0.717, 1.165) is 5.56 Å². The molecule has 0 saturated heterocycles. The molecule has 0 aromatic heterocycles. The number of hydrogen-bond acceptors (Lipinski definition) is 4. The lowest BCUT2D eigenvalue weighted by molar-refractivity contribution is -0.142. The van der Waals surface area contributed by atoms with Crippen LogP contribution in [0.5, 0.6) is 0 Å². The predicted octanol–water partition coefficient (Wildman–Crippen LogP) is -0.237. The molecule has 1 aromatic rings. The number of carboxylic acid groups (broad SMARTS) is 1. The first-order valence-electron chi connectivity index (χ1n) is 5.50. The van der Waals surface area contributed by atoms with Gasteiger partial charge in [-0.05, 0) is 17.7 Å². The van der Waals surface area contributed by atoms with Gasteiger partial charge in [0.15, 0.2) is 0 Å². The van der Waals surface area contributed by atoms with Gasteiger partial charge in [-0.25, -0.2) is 4.79 Å². The number of carbonyl (C=O) groups is 2. The summed E-state index contributed by atoms with van der Waals surface area (Å²) in [6.45, 7) is -0.293. The number of anilines is 1. The number of nitrogen functional groups attached to an aromatic ring is 1. The Bertz CT molecular complexity index is 417. The summed E-state index contributed by atoms with van der Waals surface area (Å²) in [4.78, 5) is 22.4. The number of aliphatic hydroxyl groups is 1. The van der Waals surface area contributed by atoms with Crippen LogP contribution in [0.2, 0.25) is 0 Å². The maximum Gasteiger partial charge on any atom is 0.326 e. The largest absolute Gasteiger partial charge is 0.480 e. The maximum absolute atomic E-state index is 11.6. The van der Waals surface area contributed by atoms with Crippen LogP contribution in [0.1, 0.15) is 12.0 Å². The Hall–Kier alpha value is -2.08. The summed E-state index contributed by atoms with van der Waals surface area (Å²) in [5.74, 6) is -1.56. The molecule has 1 aromatic carbocycles. The number of amides is 1. The first-order chi connectivity index (χ1) is 8.52. The monoisotopic (exact) mass is 252 g/mol. The van der Waals surface area contributed by atoms with E-state index in [-0.39, 0.29) is 19.4 Å². The summed E-state index contributed by atoms with van der Waals surface area (Å²) < 4.78 is 0. The third kappa shape index (κ3) is 4.42. The van der Waals surface area contributed by atoms with Crippen molar-refractivity contribution in [1.29, 1.82) is 0 Å². The van der Waals surface area contributed by atoms with Gasteiger partial charge >= 0.3 is 5.97 Å².